The van der Waals surface area contributed by atoms with Crippen molar-refractivity contribution < 1.29 is 18.7 Å². The molecule has 2 rings (SSSR count). The second-order valence-corrected chi connectivity index (χ2v) is 11.1. The molecule has 120 valence electrons. The maximum Gasteiger partial charge on any atom is 0.303 e. The first kappa shape index (κ1) is 16.8. The van der Waals surface area contributed by atoms with Gasteiger partial charge in [-0.05, 0) is 38.2 Å². The maximum absolute atomic E-state index is 11.6. The number of fused-ring (bicyclic) bond motifs is 1. The number of esters is 1. The van der Waals surface area contributed by atoms with Crippen molar-refractivity contribution >= 4 is 14.3 Å². The van der Waals surface area contributed by atoms with Gasteiger partial charge in [-0.2, -0.15) is 0 Å². The minimum atomic E-state index is -1.93. The standard InChI is InChI=1S/C17H24O4Si/c1-11(2)17(21-22(5,6)7)15-13(16(17)20-12(3)18)9-8-10-14(15)19-4/h8-10,16H,1H2,2-7H3/t16-,17+/m0/s1. The van der Waals surface area contributed by atoms with E-state index in [0.29, 0.717) is 0 Å². The molecule has 1 aromatic rings. The van der Waals surface area contributed by atoms with Crippen LogP contribution in [-0.2, 0) is 19.6 Å². The summed E-state index contributed by atoms with van der Waals surface area (Å²) >= 11 is 0. The number of rotatable bonds is 5. The van der Waals surface area contributed by atoms with Crippen LogP contribution in [0.1, 0.15) is 31.1 Å². The summed E-state index contributed by atoms with van der Waals surface area (Å²) in [4.78, 5) is 11.6. The molecule has 1 aliphatic carbocycles. The summed E-state index contributed by atoms with van der Waals surface area (Å²) in [5, 5.41) is 0. The second-order valence-electron chi connectivity index (χ2n) is 6.64. The van der Waals surface area contributed by atoms with Crippen LogP contribution in [0.15, 0.2) is 30.4 Å². The number of ether oxygens (including phenoxy) is 2. The third kappa shape index (κ3) is 2.59. The van der Waals surface area contributed by atoms with Crippen molar-refractivity contribution in [1.29, 1.82) is 0 Å². The second kappa shape index (κ2) is 5.55. The number of benzene rings is 1. The lowest BCUT2D eigenvalue weighted by molar-refractivity contribution is -0.165. The highest BCUT2D eigenvalue weighted by atomic mass is 28.4. The van der Waals surface area contributed by atoms with Gasteiger partial charge in [0.1, 0.15) is 11.4 Å². The molecule has 4 nitrogen and oxygen atoms in total. The van der Waals surface area contributed by atoms with Crippen LogP contribution in [0.25, 0.3) is 0 Å². The molecule has 0 unspecified atom stereocenters. The number of methoxy groups -OCH3 is 1. The van der Waals surface area contributed by atoms with Gasteiger partial charge in [0.15, 0.2) is 14.4 Å². The Morgan fingerprint density at radius 2 is 1.91 bits per heavy atom. The van der Waals surface area contributed by atoms with Crippen LogP contribution in [0, 0.1) is 0 Å². The van der Waals surface area contributed by atoms with E-state index >= 15 is 0 Å². The fraction of sp³-hybridized carbons (Fsp3) is 0.471. The van der Waals surface area contributed by atoms with Crippen molar-refractivity contribution in [3.8, 4) is 5.75 Å². The fourth-order valence-electron chi connectivity index (χ4n) is 3.03. The molecular weight excluding hydrogens is 296 g/mol. The fourth-order valence-corrected chi connectivity index (χ4v) is 4.38. The molecule has 1 aromatic carbocycles. The van der Waals surface area contributed by atoms with Gasteiger partial charge >= 0.3 is 5.97 Å². The van der Waals surface area contributed by atoms with Crippen molar-refractivity contribution in [2.45, 2.75) is 45.2 Å². The first-order valence-electron chi connectivity index (χ1n) is 7.34. The molecular formula is C17H24O4Si. The predicted octanol–water partition coefficient (Wildman–Crippen LogP) is 3.94. The van der Waals surface area contributed by atoms with Crippen LogP contribution >= 0.6 is 0 Å². The summed E-state index contributed by atoms with van der Waals surface area (Å²) < 4.78 is 17.6. The lowest BCUT2D eigenvalue weighted by atomic mass is 9.66. The molecule has 0 N–H and O–H groups in total. The van der Waals surface area contributed by atoms with Crippen LogP contribution in [0.5, 0.6) is 5.75 Å². The number of hydrogen-bond acceptors (Lipinski definition) is 4. The molecule has 2 atom stereocenters. The predicted molar refractivity (Wildman–Crippen MR) is 88.4 cm³/mol. The SMILES string of the molecule is C=C(C)[C@@]1(O[Si](C)(C)C)c2c(OC)cccc2[C@@H]1OC(C)=O. The minimum Gasteiger partial charge on any atom is -0.496 e. The van der Waals surface area contributed by atoms with E-state index < -0.39 is 20.0 Å². The van der Waals surface area contributed by atoms with Crippen LogP contribution < -0.4 is 4.74 Å². The average Bonchev–Trinajstić information content (AvgIpc) is 2.40. The van der Waals surface area contributed by atoms with Crippen molar-refractivity contribution in [2.75, 3.05) is 7.11 Å². The molecule has 0 saturated carbocycles. The summed E-state index contributed by atoms with van der Waals surface area (Å²) in [7, 11) is -0.298. The third-order valence-corrected chi connectivity index (χ3v) is 4.62. The maximum atomic E-state index is 11.6. The highest BCUT2D eigenvalue weighted by Crippen LogP contribution is 2.60. The van der Waals surface area contributed by atoms with E-state index in [9.17, 15) is 4.79 Å². The van der Waals surface area contributed by atoms with Crippen LogP contribution in [0.3, 0.4) is 0 Å². The van der Waals surface area contributed by atoms with Gasteiger partial charge in [0.2, 0.25) is 0 Å². The quantitative estimate of drug-likeness (QED) is 0.468. The Labute approximate surface area is 133 Å². The molecule has 0 amide bonds. The summed E-state index contributed by atoms with van der Waals surface area (Å²) in [6, 6.07) is 5.74. The largest absolute Gasteiger partial charge is 0.496 e. The topological polar surface area (TPSA) is 44.8 Å². The van der Waals surface area contributed by atoms with E-state index in [4.69, 9.17) is 13.9 Å². The molecule has 22 heavy (non-hydrogen) atoms. The highest BCUT2D eigenvalue weighted by Gasteiger charge is 2.59. The minimum absolute atomic E-state index is 0.330. The van der Waals surface area contributed by atoms with Crippen molar-refractivity contribution in [3.05, 3.63) is 41.5 Å². The molecule has 0 heterocycles. The summed E-state index contributed by atoms with van der Waals surface area (Å²) in [5.74, 6) is 0.408. The lowest BCUT2D eigenvalue weighted by Gasteiger charge is -2.53. The van der Waals surface area contributed by atoms with Crippen molar-refractivity contribution in [2.24, 2.45) is 0 Å². The average molecular weight is 320 g/mol. The molecule has 0 bridgehead atoms. The van der Waals surface area contributed by atoms with Gasteiger partial charge in [0.25, 0.3) is 0 Å². The Morgan fingerprint density at radius 1 is 1.27 bits per heavy atom. The summed E-state index contributed by atoms with van der Waals surface area (Å²) in [5.41, 5.74) is 1.85. The molecule has 0 radical (unpaired) electrons. The summed E-state index contributed by atoms with van der Waals surface area (Å²) in [6.07, 6.45) is -0.473. The third-order valence-electron chi connectivity index (χ3n) is 3.69. The van der Waals surface area contributed by atoms with Gasteiger partial charge in [0, 0.05) is 18.1 Å². The molecule has 0 saturated heterocycles. The Bertz CT molecular complexity index is 618. The zero-order chi connectivity index (χ0) is 16.7. The van der Waals surface area contributed by atoms with E-state index in [1.807, 2.05) is 25.1 Å². The van der Waals surface area contributed by atoms with Gasteiger partial charge in [-0.25, -0.2) is 0 Å². The first-order chi connectivity index (χ1) is 10.1. The van der Waals surface area contributed by atoms with Crippen LogP contribution in [0.2, 0.25) is 19.6 Å². The van der Waals surface area contributed by atoms with Crippen LogP contribution in [-0.4, -0.2) is 21.4 Å². The first-order valence-corrected chi connectivity index (χ1v) is 10.7. The number of hydrogen-bond donors (Lipinski definition) is 0. The molecule has 0 aliphatic heterocycles. The molecule has 0 spiro atoms. The van der Waals surface area contributed by atoms with Gasteiger partial charge in [-0.3, -0.25) is 4.79 Å². The van der Waals surface area contributed by atoms with Crippen LogP contribution in [0.4, 0.5) is 0 Å². The monoisotopic (exact) mass is 320 g/mol. The van der Waals surface area contributed by atoms with Gasteiger partial charge < -0.3 is 13.9 Å². The van der Waals surface area contributed by atoms with Gasteiger partial charge in [-0.15, -0.1) is 0 Å². The van der Waals surface area contributed by atoms with E-state index in [1.54, 1.807) is 7.11 Å². The molecule has 0 fully saturated rings. The van der Waals surface area contributed by atoms with Crippen molar-refractivity contribution in [1.82, 2.24) is 0 Å². The lowest BCUT2D eigenvalue weighted by Crippen LogP contribution is -2.53. The zero-order valence-corrected chi connectivity index (χ0v) is 15.1. The summed E-state index contributed by atoms with van der Waals surface area (Å²) in [6.45, 7) is 13.8. The molecule has 1 aliphatic rings. The van der Waals surface area contributed by atoms with E-state index in [-0.39, 0.29) is 5.97 Å². The number of carbonyl (C=O) groups is 1. The number of carbonyl (C=O) groups excluding carboxylic acids is 1. The van der Waals surface area contributed by atoms with Gasteiger partial charge in [0.05, 0.1) is 7.11 Å². The normalized spacial score (nSPS) is 23.3. The zero-order valence-electron chi connectivity index (χ0n) is 14.1. The van der Waals surface area contributed by atoms with Crippen molar-refractivity contribution in [3.63, 3.8) is 0 Å². The van der Waals surface area contributed by atoms with E-state index in [1.165, 1.54) is 6.92 Å². The Hall–Kier alpha value is -1.59. The Kier molecular flexibility index (Phi) is 4.23. The Morgan fingerprint density at radius 3 is 2.36 bits per heavy atom. The molecule has 0 aromatic heterocycles. The van der Waals surface area contributed by atoms with E-state index in [2.05, 4.69) is 26.2 Å². The molecule has 5 heteroatoms. The Balaban J connectivity index is 2.65. The van der Waals surface area contributed by atoms with Gasteiger partial charge in [-0.1, -0.05) is 18.7 Å². The van der Waals surface area contributed by atoms with E-state index in [0.717, 1.165) is 22.4 Å². The smallest absolute Gasteiger partial charge is 0.303 e. The highest BCUT2D eigenvalue weighted by molar-refractivity contribution is 6.69.